The summed E-state index contributed by atoms with van der Waals surface area (Å²) in [6.07, 6.45) is 4.27. The molecule has 2 rings (SSSR count). The zero-order valence-electron chi connectivity index (χ0n) is 14.0. The molecule has 0 bridgehead atoms. The highest BCUT2D eigenvalue weighted by molar-refractivity contribution is 7.89. The summed E-state index contributed by atoms with van der Waals surface area (Å²) in [5.41, 5.74) is 1.99. The molecule has 1 aromatic rings. The standard InChI is InChI=1S/C17H27NO3S/c1-5-21-16-10-13(3)14(4)11-17(16)22(19,20)18-15-9-7-6-8-12(15)2/h10-12,15,18H,5-9H2,1-4H3. The number of benzene rings is 1. The van der Waals surface area contributed by atoms with Crippen molar-refractivity contribution in [1.29, 1.82) is 0 Å². The first-order valence-corrected chi connectivity index (χ1v) is 9.60. The van der Waals surface area contributed by atoms with E-state index in [1.165, 1.54) is 6.42 Å². The molecule has 0 spiro atoms. The van der Waals surface area contributed by atoms with Crippen LogP contribution in [0.1, 0.15) is 50.7 Å². The van der Waals surface area contributed by atoms with Crippen molar-refractivity contribution < 1.29 is 13.2 Å². The van der Waals surface area contributed by atoms with Crippen molar-refractivity contribution in [2.24, 2.45) is 5.92 Å². The highest BCUT2D eigenvalue weighted by Crippen LogP contribution is 2.30. The number of aryl methyl sites for hydroxylation is 2. The molecule has 4 nitrogen and oxygen atoms in total. The van der Waals surface area contributed by atoms with Crippen molar-refractivity contribution in [3.63, 3.8) is 0 Å². The second-order valence-corrected chi connectivity index (χ2v) is 7.99. The lowest BCUT2D eigenvalue weighted by atomic mass is 9.87. The van der Waals surface area contributed by atoms with Gasteiger partial charge in [-0.25, -0.2) is 13.1 Å². The van der Waals surface area contributed by atoms with Gasteiger partial charge in [0.15, 0.2) is 0 Å². The average Bonchev–Trinajstić information content (AvgIpc) is 2.45. The van der Waals surface area contributed by atoms with E-state index in [-0.39, 0.29) is 10.9 Å². The SMILES string of the molecule is CCOc1cc(C)c(C)cc1S(=O)(=O)NC1CCCCC1C. The summed E-state index contributed by atoms with van der Waals surface area (Å²) in [5.74, 6) is 0.826. The van der Waals surface area contributed by atoms with Crippen molar-refractivity contribution in [2.75, 3.05) is 6.61 Å². The predicted molar refractivity (Wildman–Crippen MR) is 88.8 cm³/mol. The molecule has 2 atom stereocenters. The van der Waals surface area contributed by atoms with E-state index in [0.29, 0.717) is 18.3 Å². The van der Waals surface area contributed by atoms with Gasteiger partial charge in [0.05, 0.1) is 6.61 Å². The number of rotatable bonds is 5. The Balaban J connectivity index is 2.33. The fourth-order valence-corrected chi connectivity index (χ4v) is 4.59. The summed E-state index contributed by atoms with van der Waals surface area (Å²) >= 11 is 0. The topological polar surface area (TPSA) is 55.4 Å². The molecule has 2 unspecified atom stereocenters. The molecule has 1 aromatic carbocycles. The highest BCUT2D eigenvalue weighted by atomic mass is 32.2. The lowest BCUT2D eigenvalue weighted by Crippen LogP contribution is -2.41. The Morgan fingerprint density at radius 3 is 2.45 bits per heavy atom. The van der Waals surface area contributed by atoms with Gasteiger partial charge in [0, 0.05) is 6.04 Å². The molecule has 0 heterocycles. The molecule has 0 aliphatic heterocycles. The van der Waals surface area contributed by atoms with Crippen LogP contribution in [0.4, 0.5) is 0 Å². The van der Waals surface area contributed by atoms with Gasteiger partial charge in [-0.2, -0.15) is 0 Å². The van der Waals surface area contributed by atoms with Gasteiger partial charge in [-0.15, -0.1) is 0 Å². The Labute approximate surface area is 134 Å². The average molecular weight is 325 g/mol. The fourth-order valence-electron chi connectivity index (χ4n) is 3.00. The maximum absolute atomic E-state index is 12.8. The van der Waals surface area contributed by atoms with Crippen molar-refractivity contribution in [3.05, 3.63) is 23.3 Å². The molecule has 1 aliphatic rings. The predicted octanol–water partition coefficient (Wildman–Crippen LogP) is 3.56. The lowest BCUT2D eigenvalue weighted by Gasteiger charge is -2.29. The highest BCUT2D eigenvalue weighted by Gasteiger charge is 2.29. The molecule has 1 aliphatic carbocycles. The quantitative estimate of drug-likeness (QED) is 0.900. The molecule has 1 fully saturated rings. The van der Waals surface area contributed by atoms with Gasteiger partial charge in [0.1, 0.15) is 10.6 Å². The zero-order chi connectivity index (χ0) is 16.3. The van der Waals surface area contributed by atoms with Crippen LogP contribution in [0.25, 0.3) is 0 Å². The number of hydrogen-bond donors (Lipinski definition) is 1. The molecular weight excluding hydrogens is 298 g/mol. The van der Waals surface area contributed by atoms with Gasteiger partial charge in [-0.3, -0.25) is 0 Å². The van der Waals surface area contributed by atoms with E-state index in [2.05, 4.69) is 11.6 Å². The van der Waals surface area contributed by atoms with Crippen LogP contribution < -0.4 is 9.46 Å². The number of sulfonamides is 1. The van der Waals surface area contributed by atoms with Crippen molar-refractivity contribution in [3.8, 4) is 5.75 Å². The second kappa shape index (κ2) is 7.01. The van der Waals surface area contributed by atoms with Crippen molar-refractivity contribution in [2.45, 2.75) is 64.3 Å². The van der Waals surface area contributed by atoms with Crippen LogP contribution in [0, 0.1) is 19.8 Å². The summed E-state index contributed by atoms with van der Waals surface area (Å²) < 4.78 is 34.1. The van der Waals surface area contributed by atoms with E-state index in [4.69, 9.17) is 4.74 Å². The van der Waals surface area contributed by atoms with E-state index in [9.17, 15) is 8.42 Å². The maximum atomic E-state index is 12.8. The van der Waals surface area contributed by atoms with Gasteiger partial charge in [-0.1, -0.05) is 19.8 Å². The third kappa shape index (κ3) is 3.82. The van der Waals surface area contributed by atoms with Crippen LogP contribution >= 0.6 is 0 Å². The van der Waals surface area contributed by atoms with Gasteiger partial charge in [0.2, 0.25) is 10.0 Å². The summed E-state index contributed by atoms with van der Waals surface area (Å²) in [4.78, 5) is 0.259. The fraction of sp³-hybridized carbons (Fsp3) is 0.647. The van der Waals surface area contributed by atoms with Crippen LogP contribution in [0.2, 0.25) is 0 Å². The summed E-state index contributed by atoms with van der Waals surface area (Å²) in [6, 6.07) is 3.56. The number of nitrogens with one attached hydrogen (secondary N) is 1. The molecular formula is C17H27NO3S. The van der Waals surface area contributed by atoms with Crippen LogP contribution in [0.3, 0.4) is 0 Å². The minimum Gasteiger partial charge on any atom is -0.492 e. The molecule has 0 amide bonds. The molecule has 1 saturated carbocycles. The lowest BCUT2D eigenvalue weighted by molar-refractivity contribution is 0.308. The van der Waals surface area contributed by atoms with E-state index in [1.807, 2.05) is 26.8 Å². The molecule has 124 valence electrons. The van der Waals surface area contributed by atoms with Crippen molar-refractivity contribution in [1.82, 2.24) is 4.72 Å². The second-order valence-electron chi connectivity index (χ2n) is 6.31. The minimum absolute atomic E-state index is 0.0230. The van der Waals surface area contributed by atoms with Crippen molar-refractivity contribution >= 4 is 10.0 Å². The van der Waals surface area contributed by atoms with Gasteiger partial charge in [0.25, 0.3) is 0 Å². The van der Waals surface area contributed by atoms with Gasteiger partial charge < -0.3 is 4.74 Å². The van der Waals surface area contributed by atoms with Gasteiger partial charge >= 0.3 is 0 Å². The first kappa shape index (κ1) is 17.3. The molecule has 1 N–H and O–H groups in total. The minimum atomic E-state index is -3.56. The normalized spacial score (nSPS) is 22.5. The van der Waals surface area contributed by atoms with E-state index >= 15 is 0 Å². The molecule has 5 heteroatoms. The monoisotopic (exact) mass is 325 g/mol. The number of ether oxygens (including phenoxy) is 1. The molecule has 22 heavy (non-hydrogen) atoms. The van der Waals surface area contributed by atoms with Crippen LogP contribution in [-0.4, -0.2) is 21.1 Å². The Hall–Kier alpha value is -1.07. The summed E-state index contributed by atoms with van der Waals surface area (Å²) in [5, 5.41) is 0. The summed E-state index contributed by atoms with van der Waals surface area (Å²) in [6.45, 7) is 8.32. The third-order valence-electron chi connectivity index (χ3n) is 4.57. The van der Waals surface area contributed by atoms with Gasteiger partial charge in [-0.05, 0) is 62.8 Å². The Bertz CT molecular complexity index is 625. The van der Waals surface area contributed by atoms with Crippen LogP contribution in [-0.2, 0) is 10.0 Å². The molecule has 0 saturated heterocycles. The molecule has 0 aromatic heterocycles. The zero-order valence-corrected chi connectivity index (χ0v) is 14.8. The van der Waals surface area contributed by atoms with Crippen LogP contribution in [0.15, 0.2) is 17.0 Å². The van der Waals surface area contributed by atoms with E-state index in [1.54, 1.807) is 6.07 Å². The third-order valence-corrected chi connectivity index (χ3v) is 6.08. The first-order chi connectivity index (χ1) is 10.3. The van der Waals surface area contributed by atoms with Crippen LogP contribution in [0.5, 0.6) is 5.75 Å². The largest absolute Gasteiger partial charge is 0.492 e. The smallest absolute Gasteiger partial charge is 0.244 e. The Kier molecular flexibility index (Phi) is 5.50. The Morgan fingerprint density at radius 1 is 1.18 bits per heavy atom. The van der Waals surface area contributed by atoms with E-state index < -0.39 is 10.0 Å². The maximum Gasteiger partial charge on any atom is 0.244 e. The summed E-state index contributed by atoms with van der Waals surface area (Å²) in [7, 11) is -3.56. The molecule has 0 radical (unpaired) electrons. The van der Waals surface area contributed by atoms with E-state index in [0.717, 1.165) is 30.4 Å². The Morgan fingerprint density at radius 2 is 1.82 bits per heavy atom. The first-order valence-electron chi connectivity index (χ1n) is 8.11. The number of hydrogen-bond acceptors (Lipinski definition) is 3.